The minimum absolute atomic E-state index is 0.207. The number of nitrogens with zero attached hydrogens (tertiary/aromatic N) is 2. The number of carbonyl (C=O) groups is 2. The van der Waals surface area contributed by atoms with Crippen LogP contribution in [0.4, 0.5) is 4.79 Å². The molecule has 0 bridgehead atoms. The van der Waals surface area contributed by atoms with Crippen LogP contribution in [-0.2, 0) is 14.8 Å². The van der Waals surface area contributed by atoms with Crippen LogP contribution in [0.1, 0.15) is 20.3 Å². The maximum atomic E-state index is 12.7. The van der Waals surface area contributed by atoms with Crippen molar-refractivity contribution >= 4 is 37.9 Å². The summed E-state index contributed by atoms with van der Waals surface area (Å²) in [5, 5.41) is 5.38. The molecule has 2 rings (SSSR count). The maximum absolute atomic E-state index is 12.7. The molecule has 1 aromatic carbocycles. The minimum Gasteiger partial charge on any atom is -0.354 e. The zero-order valence-electron chi connectivity index (χ0n) is 15.4. The molecule has 1 heterocycles. The monoisotopic (exact) mass is 460 g/mol. The van der Waals surface area contributed by atoms with Gasteiger partial charge in [0.1, 0.15) is 6.04 Å². The molecule has 3 amide bonds. The Balaban J connectivity index is 1.91. The summed E-state index contributed by atoms with van der Waals surface area (Å²) >= 11 is 3.28. The van der Waals surface area contributed by atoms with Crippen LogP contribution in [0.25, 0.3) is 0 Å². The Hall–Kier alpha value is -1.65. The second kappa shape index (κ2) is 9.52. The predicted octanol–water partition coefficient (Wildman–Crippen LogP) is 1.38. The Kier molecular flexibility index (Phi) is 7.63. The molecule has 0 radical (unpaired) electrons. The van der Waals surface area contributed by atoms with Crippen LogP contribution in [0.5, 0.6) is 0 Å². The van der Waals surface area contributed by atoms with Crippen molar-refractivity contribution in [2.45, 2.75) is 31.2 Å². The Morgan fingerprint density at radius 1 is 1.22 bits per heavy atom. The second-order valence-electron chi connectivity index (χ2n) is 6.31. The number of hydrogen-bond donors (Lipinski definition) is 2. The first-order valence-corrected chi connectivity index (χ1v) is 11.1. The molecule has 150 valence electrons. The molecule has 2 N–H and O–H groups in total. The maximum Gasteiger partial charge on any atom is 0.318 e. The molecule has 0 aromatic heterocycles. The molecule has 1 aliphatic heterocycles. The fraction of sp³-hybridized carbons (Fsp3) is 0.529. The van der Waals surface area contributed by atoms with Crippen molar-refractivity contribution in [1.82, 2.24) is 19.8 Å². The van der Waals surface area contributed by atoms with Crippen molar-refractivity contribution in [1.29, 1.82) is 0 Å². The van der Waals surface area contributed by atoms with Gasteiger partial charge in [0.05, 0.1) is 4.90 Å². The van der Waals surface area contributed by atoms with Crippen molar-refractivity contribution in [2.75, 3.05) is 32.7 Å². The van der Waals surface area contributed by atoms with Gasteiger partial charge in [-0.15, -0.1) is 0 Å². The summed E-state index contributed by atoms with van der Waals surface area (Å²) in [5.74, 6) is -0.235. The summed E-state index contributed by atoms with van der Waals surface area (Å²) in [6.45, 7) is 5.08. The number of rotatable bonds is 6. The van der Waals surface area contributed by atoms with Gasteiger partial charge in [0.2, 0.25) is 15.9 Å². The largest absolute Gasteiger partial charge is 0.354 e. The van der Waals surface area contributed by atoms with Crippen molar-refractivity contribution in [3.63, 3.8) is 0 Å². The highest BCUT2D eigenvalue weighted by molar-refractivity contribution is 9.10. The quantitative estimate of drug-likeness (QED) is 0.669. The lowest BCUT2D eigenvalue weighted by molar-refractivity contribution is -0.122. The Morgan fingerprint density at radius 2 is 1.89 bits per heavy atom. The molecule has 27 heavy (non-hydrogen) atoms. The van der Waals surface area contributed by atoms with Gasteiger partial charge < -0.3 is 15.5 Å². The number of benzene rings is 1. The zero-order valence-corrected chi connectivity index (χ0v) is 17.8. The number of nitrogens with one attached hydrogen (secondary N) is 2. The van der Waals surface area contributed by atoms with E-state index in [-0.39, 0.29) is 43.0 Å². The summed E-state index contributed by atoms with van der Waals surface area (Å²) in [5.41, 5.74) is 0. The molecular weight excluding hydrogens is 436 g/mol. The third-order valence-corrected chi connectivity index (χ3v) is 6.63. The van der Waals surface area contributed by atoms with E-state index in [9.17, 15) is 18.0 Å². The zero-order chi connectivity index (χ0) is 20.0. The van der Waals surface area contributed by atoms with Crippen LogP contribution in [-0.4, -0.2) is 68.3 Å². The lowest BCUT2D eigenvalue weighted by Crippen LogP contribution is -2.56. The van der Waals surface area contributed by atoms with E-state index in [1.54, 1.807) is 31.2 Å². The average Bonchev–Trinajstić information content (AvgIpc) is 2.66. The molecule has 1 aromatic rings. The molecular formula is C17H25BrN4O4S. The topological polar surface area (TPSA) is 98.8 Å². The van der Waals surface area contributed by atoms with Gasteiger partial charge in [-0.05, 0) is 31.5 Å². The van der Waals surface area contributed by atoms with Gasteiger partial charge in [0.15, 0.2) is 0 Å². The molecule has 1 atom stereocenters. The van der Waals surface area contributed by atoms with E-state index >= 15 is 0 Å². The SMILES string of the molecule is CCCNC(=O)C(C)NC(=O)N1CCN(S(=O)(=O)c2cccc(Br)c2)CC1. The standard InChI is InChI=1S/C17H25BrN4O4S/c1-3-7-19-16(23)13(2)20-17(24)21-8-10-22(11-9-21)27(25,26)15-6-4-5-14(18)12-15/h4-6,12-13H,3,7-11H2,1-2H3,(H,19,23)(H,20,24). The summed E-state index contributed by atoms with van der Waals surface area (Å²) in [7, 11) is -3.60. The lowest BCUT2D eigenvalue weighted by atomic mass is 10.3. The molecule has 10 heteroatoms. The van der Waals surface area contributed by atoms with E-state index in [4.69, 9.17) is 0 Å². The smallest absolute Gasteiger partial charge is 0.318 e. The third-order valence-electron chi connectivity index (χ3n) is 4.24. The average molecular weight is 461 g/mol. The van der Waals surface area contributed by atoms with E-state index in [1.165, 1.54) is 9.21 Å². The highest BCUT2D eigenvalue weighted by atomic mass is 79.9. The number of carbonyl (C=O) groups excluding carboxylic acids is 2. The molecule has 1 saturated heterocycles. The number of amides is 3. The third kappa shape index (κ3) is 5.66. The van der Waals surface area contributed by atoms with Gasteiger partial charge in [-0.1, -0.05) is 28.9 Å². The number of hydrogen-bond acceptors (Lipinski definition) is 4. The van der Waals surface area contributed by atoms with Gasteiger partial charge in [0.25, 0.3) is 0 Å². The molecule has 0 saturated carbocycles. The van der Waals surface area contributed by atoms with Crippen LogP contribution in [0.2, 0.25) is 0 Å². The lowest BCUT2D eigenvalue weighted by Gasteiger charge is -2.34. The molecule has 0 aliphatic carbocycles. The van der Waals surface area contributed by atoms with E-state index < -0.39 is 16.1 Å². The first-order valence-electron chi connectivity index (χ1n) is 8.84. The Bertz CT molecular complexity index is 779. The summed E-state index contributed by atoms with van der Waals surface area (Å²) in [4.78, 5) is 25.9. The van der Waals surface area contributed by atoms with Crippen LogP contribution in [0, 0.1) is 0 Å². The minimum atomic E-state index is -3.60. The molecule has 1 fully saturated rings. The number of piperazine rings is 1. The van der Waals surface area contributed by atoms with Gasteiger partial charge in [-0.2, -0.15) is 4.31 Å². The second-order valence-corrected chi connectivity index (χ2v) is 9.16. The normalized spacial score (nSPS) is 16.6. The van der Waals surface area contributed by atoms with Crippen LogP contribution in [0.3, 0.4) is 0 Å². The number of sulfonamides is 1. The summed E-state index contributed by atoms with van der Waals surface area (Å²) in [6, 6.07) is 5.53. The van der Waals surface area contributed by atoms with Gasteiger partial charge in [0, 0.05) is 37.2 Å². The molecule has 1 aliphatic rings. The van der Waals surface area contributed by atoms with Crippen molar-refractivity contribution in [3.05, 3.63) is 28.7 Å². The van der Waals surface area contributed by atoms with E-state index in [1.807, 2.05) is 6.92 Å². The van der Waals surface area contributed by atoms with E-state index in [0.717, 1.165) is 6.42 Å². The highest BCUT2D eigenvalue weighted by Gasteiger charge is 2.31. The molecule has 0 spiro atoms. The molecule has 8 nitrogen and oxygen atoms in total. The fourth-order valence-electron chi connectivity index (χ4n) is 2.65. The highest BCUT2D eigenvalue weighted by Crippen LogP contribution is 2.21. The van der Waals surface area contributed by atoms with Crippen LogP contribution >= 0.6 is 15.9 Å². The molecule has 1 unspecified atom stereocenters. The van der Waals surface area contributed by atoms with Crippen LogP contribution in [0.15, 0.2) is 33.6 Å². The van der Waals surface area contributed by atoms with E-state index in [0.29, 0.717) is 11.0 Å². The van der Waals surface area contributed by atoms with Gasteiger partial charge in [-0.25, -0.2) is 13.2 Å². The van der Waals surface area contributed by atoms with Gasteiger partial charge in [-0.3, -0.25) is 4.79 Å². The van der Waals surface area contributed by atoms with Crippen LogP contribution < -0.4 is 10.6 Å². The Morgan fingerprint density at radius 3 is 2.48 bits per heavy atom. The first-order chi connectivity index (χ1) is 12.8. The first kappa shape index (κ1) is 21.6. The summed E-state index contributed by atoms with van der Waals surface area (Å²) in [6.07, 6.45) is 0.820. The van der Waals surface area contributed by atoms with E-state index in [2.05, 4.69) is 26.6 Å². The summed E-state index contributed by atoms with van der Waals surface area (Å²) < 4.78 is 27.5. The van der Waals surface area contributed by atoms with Crippen molar-refractivity contribution in [2.24, 2.45) is 0 Å². The van der Waals surface area contributed by atoms with Crippen molar-refractivity contribution in [3.8, 4) is 0 Å². The number of halogens is 1. The fourth-order valence-corrected chi connectivity index (χ4v) is 4.67. The predicted molar refractivity (Wildman–Crippen MR) is 106 cm³/mol. The number of urea groups is 1. The van der Waals surface area contributed by atoms with Gasteiger partial charge >= 0.3 is 6.03 Å². The van der Waals surface area contributed by atoms with Crippen molar-refractivity contribution < 1.29 is 18.0 Å². The Labute approximate surface area is 168 Å².